The summed E-state index contributed by atoms with van der Waals surface area (Å²) in [4.78, 5) is 34.4. The van der Waals surface area contributed by atoms with Crippen molar-refractivity contribution in [1.29, 1.82) is 0 Å². The number of carboxylic acid groups (broad SMARTS) is 1. The van der Waals surface area contributed by atoms with Crippen molar-refractivity contribution in [2.75, 3.05) is 12.4 Å². The fourth-order valence-corrected chi connectivity index (χ4v) is 4.85. The van der Waals surface area contributed by atoms with Gasteiger partial charge in [-0.3, -0.25) is 14.4 Å². The summed E-state index contributed by atoms with van der Waals surface area (Å²) in [5, 5.41) is 19.5. The molecule has 0 spiro atoms. The Balaban J connectivity index is 1.88. The van der Waals surface area contributed by atoms with Crippen LogP contribution in [0, 0.1) is 0 Å². The van der Waals surface area contributed by atoms with Gasteiger partial charge in [-0.1, -0.05) is 44.5 Å². The molecule has 0 radical (unpaired) electrons. The Morgan fingerprint density at radius 3 is 2.32 bits per heavy atom. The van der Waals surface area contributed by atoms with Crippen molar-refractivity contribution in [2.24, 2.45) is 0 Å². The normalized spacial score (nSPS) is 11.7. The molecule has 2 rings (SSSR count). The number of rotatable bonds is 15. The maximum absolute atomic E-state index is 12.1. The summed E-state index contributed by atoms with van der Waals surface area (Å²) in [6, 6.07) is 10.8. The molecule has 0 heterocycles. The number of aromatic hydroxyl groups is 1. The number of ketones is 2. The van der Waals surface area contributed by atoms with E-state index in [0.29, 0.717) is 35.5 Å². The van der Waals surface area contributed by atoms with E-state index in [9.17, 15) is 19.5 Å². The summed E-state index contributed by atoms with van der Waals surface area (Å²) in [6.45, 7) is 6.09. The molecule has 0 saturated carbocycles. The van der Waals surface area contributed by atoms with Crippen LogP contribution in [0.25, 0.3) is 0 Å². The number of Topliss-reactive ketones (excluding diaryl/α,β-unsaturated/α-hetero) is 2. The Hall–Kier alpha value is -2.80. The zero-order chi connectivity index (χ0) is 25.1. The third-order valence-electron chi connectivity index (χ3n) is 5.53. The van der Waals surface area contributed by atoms with E-state index < -0.39 is 5.97 Å². The maximum atomic E-state index is 12.1. The van der Waals surface area contributed by atoms with Gasteiger partial charge in [0, 0.05) is 22.8 Å². The van der Waals surface area contributed by atoms with Crippen molar-refractivity contribution < 1.29 is 29.3 Å². The van der Waals surface area contributed by atoms with Crippen LogP contribution in [0.1, 0.15) is 90.0 Å². The van der Waals surface area contributed by atoms with Crippen molar-refractivity contribution in [3.63, 3.8) is 0 Å². The van der Waals surface area contributed by atoms with E-state index in [1.807, 2.05) is 30.8 Å². The van der Waals surface area contributed by atoms with Gasteiger partial charge in [-0.2, -0.15) is 11.8 Å². The van der Waals surface area contributed by atoms with Crippen molar-refractivity contribution in [3.8, 4) is 11.5 Å². The number of hydrogen-bond acceptors (Lipinski definition) is 6. The predicted octanol–water partition coefficient (Wildman–Crippen LogP) is 6.25. The van der Waals surface area contributed by atoms with Crippen molar-refractivity contribution >= 4 is 29.3 Å². The highest BCUT2D eigenvalue weighted by Crippen LogP contribution is 2.34. The monoisotopic (exact) mass is 486 g/mol. The Morgan fingerprint density at radius 1 is 1.03 bits per heavy atom. The minimum absolute atomic E-state index is 0.00978. The first-order chi connectivity index (χ1) is 16.3. The van der Waals surface area contributed by atoms with E-state index in [-0.39, 0.29) is 35.4 Å². The standard InChI is InChI=1S/C27H34O6S/c1-4-7-22-24(14-12-21(18(3)28)27(22)32)33-16-6-17-34-25(5-2)20-10-8-19(9-11-20)23(29)13-15-26(30)31/h8-12,14,25,32H,4-7,13,15-17H2,1-3H3,(H,30,31). The second-order valence-electron chi connectivity index (χ2n) is 8.15. The van der Waals surface area contributed by atoms with Gasteiger partial charge in [-0.25, -0.2) is 0 Å². The van der Waals surface area contributed by atoms with Crippen LogP contribution in [0.2, 0.25) is 0 Å². The van der Waals surface area contributed by atoms with E-state index in [1.165, 1.54) is 6.92 Å². The summed E-state index contributed by atoms with van der Waals surface area (Å²) in [6.07, 6.45) is 3.10. The number of carbonyl (C=O) groups excluding carboxylic acids is 2. The second-order valence-corrected chi connectivity index (χ2v) is 9.46. The van der Waals surface area contributed by atoms with Gasteiger partial charge in [-0.05, 0) is 49.6 Å². The molecule has 7 heteroatoms. The number of hydrogen-bond donors (Lipinski definition) is 2. The van der Waals surface area contributed by atoms with Gasteiger partial charge in [0.1, 0.15) is 11.5 Å². The highest BCUT2D eigenvalue weighted by molar-refractivity contribution is 7.99. The SMILES string of the molecule is CCCc1c(OCCCSC(CC)c2ccc(C(=O)CCC(=O)O)cc2)ccc(C(C)=O)c1O. The molecule has 0 fully saturated rings. The molecule has 2 N–H and O–H groups in total. The number of phenols is 1. The largest absolute Gasteiger partial charge is 0.507 e. The molecule has 6 nitrogen and oxygen atoms in total. The number of carbonyl (C=O) groups is 3. The number of thioether (sulfide) groups is 1. The molecule has 0 aliphatic carbocycles. The van der Waals surface area contributed by atoms with Crippen LogP contribution >= 0.6 is 11.8 Å². The fraction of sp³-hybridized carbons (Fsp3) is 0.444. The van der Waals surface area contributed by atoms with Crippen LogP contribution in [0.5, 0.6) is 11.5 Å². The summed E-state index contributed by atoms with van der Waals surface area (Å²) in [5.41, 5.74) is 2.69. The van der Waals surface area contributed by atoms with E-state index in [2.05, 4.69) is 6.92 Å². The Bertz CT molecular complexity index is 983. The second kappa shape index (κ2) is 13.8. The van der Waals surface area contributed by atoms with Crippen molar-refractivity contribution in [1.82, 2.24) is 0 Å². The van der Waals surface area contributed by atoms with Crippen LogP contribution in [0.3, 0.4) is 0 Å². The quantitative estimate of drug-likeness (QED) is 0.227. The van der Waals surface area contributed by atoms with E-state index in [1.54, 1.807) is 24.3 Å². The molecule has 0 amide bonds. The highest BCUT2D eigenvalue weighted by Gasteiger charge is 2.16. The van der Waals surface area contributed by atoms with Crippen molar-refractivity contribution in [3.05, 3.63) is 58.7 Å². The lowest BCUT2D eigenvalue weighted by atomic mass is 10.0. The van der Waals surface area contributed by atoms with Gasteiger partial charge in [0.15, 0.2) is 11.6 Å². The van der Waals surface area contributed by atoms with Gasteiger partial charge in [0.2, 0.25) is 0 Å². The lowest BCUT2D eigenvalue weighted by Crippen LogP contribution is -2.05. The topological polar surface area (TPSA) is 101 Å². The number of phenolic OH excluding ortho intramolecular Hbond substituents is 1. The maximum Gasteiger partial charge on any atom is 0.303 e. The number of ether oxygens (including phenoxy) is 1. The summed E-state index contributed by atoms with van der Waals surface area (Å²) >= 11 is 1.83. The van der Waals surface area contributed by atoms with E-state index >= 15 is 0 Å². The summed E-state index contributed by atoms with van der Waals surface area (Å²) < 4.78 is 5.94. The smallest absolute Gasteiger partial charge is 0.303 e. The lowest BCUT2D eigenvalue weighted by molar-refractivity contribution is -0.136. The first-order valence-electron chi connectivity index (χ1n) is 11.7. The third-order valence-corrected chi connectivity index (χ3v) is 7.06. The minimum Gasteiger partial charge on any atom is -0.507 e. The van der Waals surface area contributed by atoms with Gasteiger partial charge >= 0.3 is 5.97 Å². The first-order valence-corrected chi connectivity index (χ1v) is 12.8. The van der Waals surface area contributed by atoms with E-state index in [4.69, 9.17) is 9.84 Å². The average molecular weight is 487 g/mol. The van der Waals surface area contributed by atoms with Crippen LogP contribution in [-0.4, -0.2) is 40.1 Å². The molecule has 0 aliphatic rings. The van der Waals surface area contributed by atoms with Gasteiger partial charge in [0.25, 0.3) is 0 Å². The van der Waals surface area contributed by atoms with Crippen LogP contribution in [-0.2, 0) is 11.2 Å². The van der Waals surface area contributed by atoms with Crippen LogP contribution < -0.4 is 4.74 Å². The molecular weight excluding hydrogens is 452 g/mol. The zero-order valence-corrected chi connectivity index (χ0v) is 21.0. The summed E-state index contributed by atoms with van der Waals surface area (Å²) in [5.74, 6) is 0.251. The molecule has 0 bridgehead atoms. The van der Waals surface area contributed by atoms with Crippen LogP contribution in [0.15, 0.2) is 36.4 Å². The fourth-order valence-electron chi connectivity index (χ4n) is 3.69. The number of benzene rings is 2. The van der Waals surface area contributed by atoms with Gasteiger partial charge in [0.05, 0.1) is 18.6 Å². The third kappa shape index (κ3) is 7.90. The Morgan fingerprint density at radius 2 is 1.74 bits per heavy atom. The Kier molecular flexibility index (Phi) is 11.1. The van der Waals surface area contributed by atoms with Crippen molar-refractivity contribution in [2.45, 2.75) is 64.5 Å². The average Bonchev–Trinajstić information content (AvgIpc) is 2.81. The highest BCUT2D eigenvalue weighted by atomic mass is 32.2. The molecule has 0 aromatic heterocycles. The first kappa shape index (κ1) is 27.4. The molecular formula is C27H34O6S. The van der Waals surface area contributed by atoms with Gasteiger partial charge < -0.3 is 14.9 Å². The van der Waals surface area contributed by atoms with E-state index in [0.717, 1.165) is 30.6 Å². The molecule has 34 heavy (non-hydrogen) atoms. The zero-order valence-electron chi connectivity index (χ0n) is 20.1. The van der Waals surface area contributed by atoms with Gasteiger partial charge in [-0.15, -0.1) is 0 Å². The molecule has 184 valence electrons. The molecule has 0 saturated heterocycles. The molecule has 2 aromatic rings. The lowest BCUT2D eigenvalue weighted by Gasteiger charge is -2.17. The van der Waals surface area contributed by atoms with Crippen LogP contribution in [0.4, 0.5) is 0 Å². The minimum atomic E-state index is -0.970. The summed E-state index contributed by atoms with van der Waals surface area (Å²) in [7, 11) is 0. The molecule has 2 aromatic carbocycles. The predicted molar refractivity (Wildman–Crippen MR) is 135 cm³/mol. The molecule has 1 unspecified atom stereocenters. The Labute approximate surface area is 205 Å². The molecule has 1 atom stereocenters. The number of aliphatic carboxylic acids is 1. The molecule has 0 aliphatic heterocycles. The number of carboxylic acids is 1.